The molecule has 0 saturated heterocycles. The third kappa shape index (κ3) is 4.76. The van der Waals surface area contributed by atoms with Crippen molar-refractivity contribution in [2.24, 2.45) is 17.3 Å². The Morgan fingerprint density at radius 3 is 2.18 bits per heavy atom. The molecule has 5 aliphatic carbocycles. The van der Waals surface area contributed by atoms with Crippen molar-refractivity contribution in [1.29, 1.82) is 0 Å². The van der Waals surface area contributed by atoms with Gasteiger partial charge in [-0.15, -0.1) is 0 Å². The van der Waals surface area contributed by atoms with E-state index in [0.717, 1.165) is 22.8 Å². The smallest absolute Gasteiger partial charge is 0.123 e. The van der Waals surface area contributed by atoms with Gasteiger partial charge < -0.3 is 5.11 Å². The Hall–Kier alpha value is -0.630. The lowest BCUT2D eigenvalue weighted by Gasteiger charge is -2.62. The highest BCUT2D eigenvalue weighted by molar-refractivity contribution is 7.99. The minimum Gasteiger partial charge on any atom is -0.507 e. The van der Waals surface area contributed by atoms with Crippen LogP contribution in [0.1, 0.15) is 134 Å². The summed E-state index contributed by atoms with van der Waals surface area (Å²) in [7, 11) is 0. The molecule has 1 nitrogen and oxygen atoms in total. The van der Waals surface area contributed by atoms with E-state index in [1.807, 2.05) is 0 Å². The number of hydrogen-bond acceptors (Lipinski definition) is 2. The molecular formula is C31H48OS. The predicted molar refractivity (Wildman–Crippen MR) is 143 cm³/mol. The standard InChI is InChI=1S/C31H48OS/c1-5-30-16-22-13-23(17-30)19-31(18-22,21-30)27-15-25(29(2,3)4)14-24(28(27)32)20-33-26-11-9-7-6-8-10-12-26/h14-15,22-23,26,32H,5-13,16-21H2,1-4H3. The third-order valence-electron chi connectivity index (χ3n) is 10.1. The third-order valence-corrected chi connectivity index (χ3v) is 11.5. The first-order valence-corrected chi connectivity index (χ1v) is 15.3. The lowest BCUT2D eigenvalue weighted by Crippen LogP contribution is -2.53. The fraction of sp³-hybridized carbons (Fsp3) is 0.806. The van der Waals surface area contributed by atoms with Gasteiger partial charge in [0.15, 0.2) is 0 Å². The average Bonchev–Trinajstić information content (AvgIpc) is 2.72. The maximum absolute atomic E-state index is 11.8. The molecule has 33 heavy (non-hydrogen) atoms. The molecule has 6 rings (SSSR count). The molecule has 0 radical (unpaired) electrons. The highest BCUT2D eigenvalue weighted by Gasteiger charge is 2.58. The maximum Gasteiger partial charge on any atom is 0.123 e. The number of hydrogen-bond donors (Lipinski definition) is 1. The van der Waals surface area contributed by atoms with Crippen molar-refractivity contribution < 1.29 is 5.11 Å². The largest absolute Gasteiger partial charge is 0.507 e. The SMILES string of the molecule is CCC12CC3CC(C1)CC(c1cc(C(C)(C)C)cc(CSC4CCCCCCC4)c1O)(C3)C2. The Morgan fingerprint density at radius 2 is 1.58 bits per heavy atom. The van der Waals surface area contributed by atoms with Crippen molar-refractivity contribution in [2.45, 2.75) is 139 Å². The number of phenols is 1. The molecule has 0 aromatic heterocycles. The van der Waals surface area contributed by atoms with Gasteiger partial charge in [-0.05, 0) is 79.6 Å². The molecule has 2 unspecified atom stereocenters. The average molecular weight is 469 g/mol. The van der Waals surface area contributed by atoms with Crippen LogP contribution in [0, 0.1) is 17.3 Å². The summed E-state index contributed by atoms with van der Waals surface area (Å²) in [6, 6.07) is 4.82. The van der Waals surface area contributed by atoms with E-state index in [-0.39, 0.29) is 10.8 Å². The fourth-order valence-corrected chi connectivity index (χ4v) is 9.92. The number of benzene rings is 1. The van der Waals surface area contributed by atoms with Crippen LogP contribution in [0.2, 0.25) is 0 Å². The Balaban J connectivity index is 1.47. The van der Waals surface area contributed by atoms with E-state index in [1.54, 1.807) is 0 Å². The molecule has 5 aliphatic rings. The Labute approximate surface area is 207 Å². The molecule has 1 aromatic carbocycles. The van der Waals surface area contributed by atoms with Gasteiger partial charge in [0.1, 0.15) is 5.75 Å². The Morgan fingerprint density at radius 1 is 0.939 bits per heavy atom. The van der Waals surface area contributed by atoms with Crippen molar-refractivity contribution in [1.82, 2.24) is 0 Å². The molecule has 1 aromatic rings. The van der Waals surface area contributed by atoms with Gasteiger partial charge in [0, 0.05) is 27.5 Å². The van der Waals surface area contributed by atoms with Crippen LogP contribution in [-0.2, 0) is 16.6 Å². The minimum atomic E-state index is 0.118. The molecule has 0 amide bonds. The van der Waals surface area contributed by atoms with Gasteiger partial charge in [-0.25, -0.2) is 0 Å². The summed E-state index contributed by atoms with van der Waals surface area (Å²) in [4.78, 5) is 0. The second-order valence-electron chi connectivity index (χ2n) is 13.7. The van der Waals surface area contributed by atoms with Crippen molar-refractivity contribution in [3.63, 3.8) is 0 Å². The minimum absolute atomic E-state index is 0.118. The molecule has 2 heteroatoms. The quantitative estimate of drug-likeness (QED) is 0.464. The van der Waals surface area contributed by atoms with Crippen molar-refractivity contribution in [3.05, 3.63) is 28.8 Å². The first-order valence-electron chi connectivity index (χ1n) is 14.2. The molecule has 5 saturated carbocycles. The molecular weight excluding hydrogens is 420 g/mol. The van der Waals surface area contributed by atoms with Gasteiger partial charge in [-0.1, -0.05) is 78.4 Å². The summed E-state index contributed by atoms with van der Waals surface area (Å²) in [5, 5.41) is 12.6. The van der Waals surface area contributed by atoms with Gasteiger partial charge in [-0.3, -0.25) is 0 Å². The van der Waals surface area contributed by atoms with Crippen LogP contribution in [0.4, 0.5) is 0 Å². The Kier molecular flexibility index (Phi) is 6.64. The lowest BCUT2D eigenvalue weighted by atomic mass is 9.42. The van der Waals surface area contributed by atoms with E-state index in [1.165, 1.54) is 107 Å². The van der Waals surface area contributed by atoms with E-state index >= 15 is 0 Å². The number of rotatable bonds is 5. The summed E-state index contributed by atoms with van der Waals surface area (Å²) < 4.78 is 0. The van der Waals surface area contributed by atoms with Crippen LogP contribution < -0.4 is 0 Å². The second kappa shape index (κ2) is 9.11. The molecule has 0 spiro atoms. The van der Waals surface area contributed by atoms with Gasteiger partial charge in [-0.2, -0.15) is 11.8 Å². The first-order chi connectivity index (χ1) is 15.7. The Bertz CT molecular complexity index is 827. The monoisotopic (exact) mass is 468 g/mol. The zero-order valence-corrected chi connectivity index (χ0v) is 22.7. The number of thioether (sulfide) groups is 1. The van der Waals surface area contributed by atoms with Crippen LogP contribution in [-0.4, -0.2) is 10.4 Å². The normalized spacial score (nSPS) is 34.9. The zero-order valence-electron chi connectivity index (χ0n) is 21.8. The lowest BCUT2D eigenvalue weighted by molar-refractivity contribution is -0.0744. The highest BCUT2D eigenvalue weighted by atomic mass is 32.2. The van der Waals surface area contributed by atoms with Crippen LogP contribution in [0.15, 0.2) is 12.1 Å². The summed E-state index contributed by atoms with van der Waals surface area (Å²) >= 11 is 2.14. The van der Waals surface area contributed by atoms with Crippen LogP contribution in [0.5, 0.6) is 5.75 Å². The first kappa shape index (κ1) is 24.1. The van der Waals surface area contributed by atoms with Crippen LogP contribution in [0.25, 0.3) is 0 Å². The van der Waals surface area contributed by atoms with E-state index in [2.05, 4.69) is 51.6 Å². The van der Waals surface area contributed by atoms with Crippen molar-refractivity contribution in [2.75, 3.05) is 0 Å². The van der Waals surface area contributed by atoms with Gasteiger partial charge in [0.2, 0.25) is 0 Å². The summed E-state index contributed by atoms with van der Waals surface area (Å²) in [5.41, 5.74) is 4.89. The molecule has 4 bridgehead atoms. The number of aromatic hydroxyl groups is 1. The molecule has 2 atom stereocenters. The topological polar surface area (TPSA) is 20.2 Å². The van der Waals surface area contributed by atoms with E-state index < -0.39 is 0 Å². The zero-order chi connectivity index (χ0) is 23.3. The maximum atomic E-state index is 11.8. The van der Waals surface area contributed by atoms with Crippen LogP contribution >= 0.6 is 11.8 Å². The van der Waals surface area contributed by atoms with Gasteiger partial charge >= 0.3 is 0 Å². The van der Waals surface area contributed by atoms with Crippen LogP contribution in [0.3, 0.4) is 0 Å². The molecule has 0 aliphatic heterocycles. The molecule has 0 heterocycles. The highest BCUT2D eigenvalue weighted by Crippen LogP contribution is 2.67. The van der Waals surface area contributed by atoms with Crippen molar-refractivity contribution >= 4 is 11.8 Å². The van der Waals surface area contributed by atoms with Crippen molar-refractivity contribution in [3.8, 4) is 5.75 Å². The second-order valence-corrected chi connectivity index (χ2v) is 14.9. The van der Waals surface area contributed by atoms with E-state index in [4.69, 9.17) is 0 Å². The van der Waals surface area contributed by atoms with E-state index in [0.29, 0.717) is 11.2 Å². The fourth-order valence-electron chi connectivity index (χ4n) is 8.62. The summed E-state index contributed by atoms with van der Waals surface area (Å²) in [5.74, 6) is 3.43. The van der Waals surface area contributed by atoms with Gasteiger partial charge in [0.05, 0.1) is 0 Å². The summed E-state index contributed by atoms with van der Waals surface area (Å²) in [6.45, 7) is 9.48. The van der Waals surface area contributed by atoms with Gasteiger partial charge in [0.25, 0.3) is 0 Å². The summed E-state index contributed by atoms with van der Waals surface area (Å²) in [6.07, 6.45) is 19.4. The molecule has 1 N–H and O–H groups in total. The number of phenolic OH excluding ortho intramolecular Hbond substituents is 1. The predicted octanol–water partition coefficient (Wildman–Crippen LogP) is 9.28. The molecule has 5 fully saturated rings. The molecule has 184 valence electrons. The van der Waals surface area contributed by atoms with E-state index in [9.17, 15) is 5.11 Å².